The van der Waals surface area contributed by atoms with Crippen LogP contribution in [0.5, 0.6) is 5.75 Å². The minimum atomic E-state index is -0.684. The molecule has 0 radical (unpaired) electrons. The first kappa shape index (κ1) is 21.4. The van der Waals surface area contributed by atoms with E-state index in [1.165, 1.54) is 19.3 Å². The summed E-state index contributed by atoms with van der Waals surface area (Å²) in [7, 11) is 1.41. The molecule has 0 saturated carbocycles. The quantitative estimate of drug-likeness (QED) is 0.507. The Morgan fingerprint density at radius 1 is 1.27 bits per heavy atom. The van der Waals surface area contributed by atoms with Crippen LogP contribution in [0.2, 0.25) is 5.02 Å². The van der Waals surface area contributed by atoms with Gasteiger partial charge in [0.1, 0.15) is 11.6 Å². The number of methoxy groups -OCH3 is 1. The van der Waals surface area contributed by atoms with E-state index in [9.17, 15) is 9.18 Å². The Kier molecular flexibility index (Phi) is 6.79. The summed E-state index contributed by atoms with van der Waals surface area (Å²) >= 11 is 6.25. The minimum absolute atomic E-state index is 0.0539. The minimum Gasteiger partial charge on any atom is -0.495 e. The maximum Gasteiger partial charge on any atom is 0.227 e. The summed E-state index contributed by atoms with van der Waals surface area (Å²) in [4.78, 5) is 20.5. The van der Waals surface area contributed by atoms with E-state index in [1.54, 1.807) is 36.3 Å². The smallest absolute Gasteiger partial charge is 0.227 e. The molecular weight excluding hydrogens is 409 g/mol. The number of ketones is 1. The number of ether oxygens (including phenoxy) is 1. The third kappa shape index (κ3) is 4.65. The molecule has 156 valence electrons. The zero-order chi connectivity index (χ0) is 21.7. The number of halogens is 2. The number of Topliss-reactive ketones (excluding diaryl/α,β-unsaturated/α-hetero) is 1. The Balaban J connectivity index is 1.83. The Bertz CT molecular complexity index is 1080. The van der Waals surface area contributed by atoms with E-state index in [4.69, 9.17) is 16.3 Å². The molecule has 0 amide bonds. The molecule has 7 nitrogen and oxygen atoms in total. The fourth-order valence-corrected chi connectivity index (χ4v) is 3.00. The van der Waals surface area contributed by atoms with Gasteiger partial charge in [0, 0.05) is 42.7 Å². The molecule has 0 fully saturated rings. The van der Waals surface area contributed by atoms with Gasteiger partial charge < -0.3 is 10.1 Å². The van der Waals surface area contributed by atoms with Crippen molar-refractivity contribution in [2.45, 2.75) is 26.8 Å². The van der Waals surface area contributed by atoms with E-state index in [1.807, 2.05) is 13.1 Å². The highest BCUT2D eigenvalue weighted by molar-refractivity contribution is 6.34. The molecule has 0 saturated heterocycles. The van der Waals surface area contributed by atoms with Gasteiger partial charge in [-0.3, -0.25) is 9.48 Å². The van der Waals surface area contributed by atoms with Crippen LogP contribution in [0.3, 0.4) is 0 Å². The molecule has 9 heteroatoms. The molecule has 2 heterocycles. The first-order valence-corrected chi connectivity index (χ1v) is 9.73. The maximum absolute atomic E-state index is 14.9. The predicted octanol–water partition coefficient (Wildman–Crippen LogP) is 5.00. The number of carbonyl (C=O) groups excluding carboxylic acids is 1. The van der Waals surface area contributed by atoms with Gasteiger partial charge in [0.25, 0.3) is 0 Å². The molecule has 3 aromatic rings. The molecule has 1 aromatic carbocycles. The SMILES string of the molecule is CCC(=O)c1cc(OC)c(Cl)c(/C=C/c2cnc(Nc3cnn(CC)c3)nc2)c1F. The van der Waals surface area contributed by atoms with Crippen LogP contribution in [0.4, 0.5) is 16.0 Å². The van der Waals surface area contributed by atoms with E-state index < -0.39 is 5.82 Å². The van der Waals surface area contributed by atoms with Crippen molar-refractivity contribution in [2.75, 3.05) is 12.4 Å². The van der Waals surface area contributed by atoms with E-state index in [0.29, 0.717) is 11.5 Å². The molecule has 3 rings (SSSR count). The van der Waals surface area contributed by atoms with E-state index >= 15 is 0 Å². The van der Waals surface area contributed by atoms with Crippen molar-refractivity contribution in [1.29, 1.82) is 0 Å². The number of aromatic nitrogens is 4. The largest absolute Gasteiger partial charge is 0.495 e. The standard InChI is InChI=1S/C21H21ClFN5O2/c1-4-17(29)16-8-18(30-3)19(22)15(20(16)23)7-6-13-9-24-21(25-10-13)27-14-11-26-28(5-2)12-14/h6-12H,4-5H2,1-3H3,(H,24,25,27)/b7-6+. The molecular formula is C21H21ClFN5O2. The number of aryl methyl sites for hydroxylation is 1. The van der Waals surface area contributed by atoms with Gasteiger partial charge in [-0.1, -0.05) is 24.6 Å². The van der Waals surface area contributed by atoms with E-state index in [2.05, 4.69) is 20.4 Å². The van der Waals surface area contributed by atoms with Crippen LogP contribution in [0, 0.1) is 5.82 Å². The lowest BCUT2D eigenvalue weighted by Crippen LogP contribution is -2.04. The van der Waals surface area contributed by atoms with Gasteiger partial charge in [-0.05, 0) is 19.1 Å². The van der Waals surface area contributed by atoms with Crippen LogP contribution >= 0.6 is 11.6 Å². The molecule has 2 aromatic heterocycles. The van der Waals surface area contributed by atoms with Crippen LogP contribution in [0.1, 0.15) is 41.8 Å². The van der Waals surface area contributed by atoms with Gasteiger partial charge in [-0.2, -0.15) is 5.10 Å². The Hall–Kier alpha value is -3.26. The number of nitrogens with one attached hydrogen (secondary N) is 1. The number of nitrogens with zero attached hydrogens (tertiary/aromatic N) is 4. The van der Waals surface area contributed by atoms with Crippen LogP contribution in [-0.4, -0.2) is 32.6 Å². The highest BCUT2D eigenvalue weighted by Crippen LogP contribution is 2.34. The van der Waals surface area contributed by atoms with Crippen LogP contribution < -0.4 is 10.1 Å². The van der Waals surface area contributed by atoms with E-state index in [0.717, 1.165) is 12.2 Å². The summed E-state index contributed by atoms with van der Waals surface area (Å²) in [5.74, 6) is -0.375. The fourth-order valence-electron chi connectivity index (χ4n) is 2.72. The maximum atomic E-state index is 14.9. The first-order chi connectivity index (χ1) is 14.5. The van der Waals surface area contributed by atoms with Crippen molar-refractivity contribution >= 4 is 41.2 Å². The molecule has 0 spiro atoms. The summed E-state index contributed by atoms with van der Waals surface area (Å²) in [5.41, 5.74) is 1.42. The molecule has 0 bridgehead atoms. The summed E-state index contributed by atoms with van der Waals surface area (Å²) in [5, 5.41) is 7.32. The van der Waals surface area contributed by atoms with Gasteiger partial charge >= 0.3 is 0 Å². The van der Waals surface area contributed by atoms with Crippen LogP contribution in [0.15, 0.2) is 30.9 Å². The Morgan fingerprint density at radius 2 is 2.00 bits per heavy atom. The van der Waals surface area contributed by atoms with Crippen molar-refractivity contribution in [3.8, 4) is 5.75 Å². The highest BCUT2D eigenvalue weighted by atomic mass is 35.5. The first-order valence-electron chi connectivity index (χ1n) is 9.35. The molecule has 0 unspecified atom stereocenters. The lowest BCUT2D eigenvalue weighted by Gasteiger charge is -2.11. The molecule has 0 aliphatic heterocycles. The predicted molar refractivity (Wildman–Crippen MR) is 115 cm³/mol. The highest BCUT2D eigenvalue weighted by Gasteiger charge is 2.19. The number of carbonyl (C=O) groups is 1. The molecule has 0 aliphatic rings. The second-order valence-electron chi connectivity index (χ2n) is 6.33. The van der Waals surface area contributed by atoms with E-state index in [-0.39, 0.29) is 34.1 Å². The molecule has 0 aliphatic carbocycles. The van der Waals surface area contributed by atoms with Gasteiger partial charge in [0.05, 0.1) is 29.6 Å². The van der Waals surface area contributed by atoms with Crippen molar-refractivity contribution in [3.05, 3.63) is 58.4 Å². The second kappa shape index (κ2) is 9.49. The Morgan fingerprint density at radius 3 is 2.60 bits per heavy atom. The zero-order valence-electron chi connectivity index (χ0n) is 16.8. The second-order valence-corrected chi connectivity index (χ2v) is 6.71. The summed E-state index contributed by atoms with van der Waals surface area (Å²) in [6.45, 7) is 4.42. The van der Waals surface area contributed by atoms with Gasteiger partial charge in [-0.25, -0.2) is 14.4 Å². The monoisotopic (exact) mass is 429 g/mol. The number of rotatable bonds is 8. The molecule has 30 heavy (non-hydrogen) atoms. The average Bonchev–Trinajstić information content (AvgIpc) is 3.22. The van der Waals surface area contributed by atoms with Gasteiger partial charge in [0.15, 0.2) is 5.78 Å². The normalized spacial score (nSPS) is 11.1. The van der Waals surface area contributed by atoms with Crippen molar-refractivity contribution in [1.82, 2.24) is 19.7 Å². The number of benzene rings is 1. The average molecular weight is 430 g/mol. The van der Waals surface area contributed by atoms with Gasteiger partial charge in [-0.15, -0.1) is 0 Å². The Labute approximate surface area is 178 Å². The number of hydrogen-bond acceptors (Lipinski definition) is 6. The fraction of sp³-hybridized carbons (Fsp3) is 0.238. The molecule has 1 N–H and O–H groups in total. The van der Waals surface area contributed by atoms with Crippen molar-refractivity contribution < 1.29 is 13.9 Å². The number of hydrogen-bond donors (Lipinski definition) is 1. The zero-order valence-corrected chi connectivity index (χ0v) is 17.6. The summed E-state index contributed by atoms with van der Waals surface area (Å²) in [6, 6.07) is 1.32. The lowest BCUT2D eigenvalue weighted by molar-refractivity contribution is 0.0984. The summed E-state index contributed by atoms with van der Waals surface area (Å²) < 4.78 is 21.8. The van der Waals surface area contributed by atoms with Crippen LogP contribution in [0.25, 0.3) is 12.2 Å². The molecule has 0 atom stereocenters. The summed E-state index contributed by atoms with van der Waals surface area (Å²) in [6.07, 6.45) is 9.96. The third-order valence-electron chi connectivity index (χ3n) is 4.37. The van der Waals surface area contributed by atoms with Crippen molar-refractivity contribution in [3.63, 3.8) is 0 Å². The third-order valence-corrected chi connectivity index (χ3v) is 4.76. The lowest BCUT2D eigenvalue weighted by atomic mass is 10.0. The van der Waals surface area contributed by atoms with Gasteiger partial charge in [0.2, 0.25) is 5.95 Å². The number of anilines is 2. The topological polar surface area (TPSA) is 81.9 Å². The van der Waals surface area contributed by atoms with Crippen LogP contribution in [-0.2, 0) is 6.54 Å². The van der Waals surface area contributed by atoms with Crippen molar-refractivity contribution in [2.24, 2.45) is 0 Å².